The standard InChI is InChI=1S/C11H14O2S/c1-3-8-5-4-6-10(14-2)9(8)7-11(12)13/h4-6H,3,7H2,1-2H3,(H,12,13). The van der Waals surface area contributed by atoms with Gasteiger partial charge >= 0.3 is 5.97 Å². The van der Waals surface area contributed by atoms with E-state index in [9.17, 15) is 4.79 Å². The van der Waals surface area contributed by atoms with Gasteiger partial charge in [-0.05, 0) is 29.9 Å². The molecule has 1 rings (SSSR count). The molecular formula is C11H14O2S. The van der Waals surface area contributed by atoms with E-state index in [0.717, 1.165) is 22.4 Å². The lowest BCUT2D eigenvalue weighted by Gasteiger charge is -2.09. The summed E-state index contributed by atoms with van der Waals surface area (Å²) in [6, 6.07) is 5.95. The second-order valence-electron chi connectivity index (χ2n) is 3.02. The van der Waals surface area contributed by atoms with E-state index in [1.165, 1.54) is 0 Å². The fourth-order valence-corrected chi connectivity index (χ4v) is 2.15. The van der Waals surface area contributed by atoms with Crippen molar-refractivity contribution in [2.45, 2.75) is 24.7 Å². The quantitative estimate of drug-likeness (QED) is 0.776. The van der Waals surface area contributed by atoms with Gasteiger partial charge in [0.1, 0.15) is 0 Å². The number of thioether (sulfide) groups is 1. The fourth-order valence-electron chi connectivity index (χ4n) is 1.49. The van der Waals surface area contributed by atoms with E-state index in [1.54, 1.807) is 11.8 Å². The number of carbonyl (C=O) groups is 1. The molecule has 0 atom stereocenters. The third-order valence-electron chi connectivity index (χ3n) is 2.16. The third kappa shape index (κ3) is 2.51. The summed E-state index contributed by atoms with van der Waals surface area (Å²) in [5.41, 5.74) is 2.11. The Bertz CT molecular complexity index is 312. The van der Waals surface area contributed by atoms with Crippen LogP contribution in [0.1, 0.15) is 18.1 Å². The number of hydrogen-bond acceptors (Lipinski definition) is 2. The molecule has 0 saturated carbocycles. The first-order valence-corrected chi connectivity index (χ1v) is 5.78. The van der Waals surface area contributed by atoms with Gasteiger partial charge in [-0.1, -0.05) is 19.1 Å². The molecule has 0 bridgehead atoms. The molecule has 1 aromatic carbocycles. The highest BCUT2D eigenvalue weighted by Crippen LogP contribution is 2.24. The second-order valence-corrected chi connectivity index (χ2v) is 3.87. The Kier molecular flexibility index (Phi) is 4.01. The van der Waals surface area contributed by atoms with Crippen molar-refractivity contribution in [2.24, 2.45) is 0 Å². The van der Waals surface area contributed by atoms with Gasteiger partial charge in [0.25, 0.3) is 0 Å². The molecule has 1 N–H and O–H groups in total. The highest BCUT2D eigenvalue weighted by atomic mass is 32.2. The molecule has 1 aromatic rings. The summed E-state index contributed by atoms with van der Waals surface area (Å²) >= 11 is 1.60. The van der Waals surface area contributed by atoms with Crippen LogP contribution < -0.4 is 0 Å². The molecule has 0 unspecified atom stereocenters. The second kappa shape index (κ2) is 5.05. The smallest absolute Gasteiger partial charge is 0.307 e. The maximum atomic E-state index is 10.7. The van der Waals surface area contributed by atoms with Gasteiger partial charge in [0.2, 0.25) is 0 Å². The molecule has 0 aromatic heterocycles. The molecule has 0 saturated heterocycles. The van der Waals surface area contributed by atoms with Crippen LogP contribution in [0.4, 0.5) is 0 Å². The minimum Gasteiger partial charge on any atom is -0.481 e. The Morgan fingerprint density at radius 2 is 2.21 bits per heavy atom. The van der Waals surface area contributed by atoms with Crippen LogP contribution >= 0.6 is 11.8 Å². The molecule has 3 heteroatoms. The van der Waals surface area contributed by atoms with E-state index in [2.05, 4.69) is 0 Å². The molecule has 0 radical (unpaired) electrons. The van der Waals surface area contributed by atoms with Crippen LogP contribution in [-0.2, 0) is 17.6 Å². The van der Waals surface area contributed by atoms with E-state index in [1.807, 2.05) is 31.4 Å². The van der Waals surface area contributed by atoms with Crippen LogP contribution in [0.3, 0.4) is 0 Å². The first kappa shape index (κ1) is 11.1. The zero-order chi connectivity index (χ0) is 10.6. The Morgan fingerprint density at radius 3 is 2.71 bits per heavy atom. The van der Waals surface area contributed by atoms with Gasteiger partial charge in [-0.25, -0.2) is 0 Å². The molecule has 76 valence electrons. The van der Waals surface area contributed by atoms with Gasteiger partial charge in [0.05, 0.1) is 6.42 Å². The van der Waals surface area contributed by atoms with Crippen molar-refractivity contribution in [3.8, 4) is 0 Å². The van der Waals surface area contributed by atoms with Gasteiger partial charge < -0.3 is 5.11 Å². The monoisotopic (exact) mass is 210 g/mol. The minimum atomic E-state index is -0.763. The summed E-state index contributed by atoms with van der Waals surface area (Å²) in [5.74, 6) is -0.763. The first-order valence-electron chi connectivity index (χ1n) is 4.55. The lowest BCUT2D eigenvalue weighted by Crippen LogP contribution is -2.04. The summed E-state index contributed by atoms with van der Waals surface area (Å²) in [6.45, 7) is 2.05. The Balaban J connectivity index is 3.12. The van der Waals surface area contributed by atoms with Gasteiger partial charge in [-0.3, -0.25) is 4.79 Å². The topological polar surface area (TPSA) is 37.3 Å². The van der Waals surface area contributed by atoms with Gasteiger partial charge in [-0.15, -0.1) is 11.8 Å². The average molecular weight is 210 g/mol. The van der Waals surface area contributed by atoms with Crippen molar-refractivity contribution < 1.29 is 9.90 Å². The number of benzene rings is 1. The lowest BCUT2D eigenvalue weighted by atomic mass is 10.0. The number of hydrogen-bond donors (Lipinski definition) is 1. The van der Waals surface area contributed by atoms with Crippen LogP contribution in [0.25, 0.3) is 0 Å². The molecule has 0 spiro atoms. The van der Waals surface area contributed by atoms with Gasteiger partial charge in [0.15, 0.2) is 0 Å². The number of carboxylic acids is 1. The van der Waals surface area contributed by atoms with E-state index in [-0.39, 0.29) is 6.42 Å². The van der Waals surface area contributed by atoms with Crippen molar-refractivity contribution in [3.63, 3.8) is 0 Å². The third-order valence-corrected chi connectivity index (χ3v) is 2.98. The molecule has 2 nitrogen and oxygen atoms in total. The van der Waals surface area contributed by atoms with Crippen LogP contribution in [-0.4, -0.2) is 17.3 Å². The summed E-state index contributed by atoms with van der Waals surface area (Å²) in [6.07, 6.45) is 2.98. The van der Waals surface area contributed by atoms with E-state index >= 15 is 0 Å². The van der Waals surface area contributed by atoms with Crippen LogP contribution in [0.15, 0.2) is 23.1 Å². The van der Waals surface area contributed by atoms with Crippen molar-refractivity contribution in [2.75, 3.05) is 6.26 Å². The SMILES string of the molecule is CCc1cccc(SC)c1CC(=O)O. The fraction of sp³-hybridized carbons (Fsp3) is 0.364. The summed E-state index contributed by atoms with van der Waals surface area (Å²) in [7, 11) is 0. The molecular weight excluding hydrogens is 196 g/mol. The van der Waals surface area contributed by atoms with Gasteiger partial charge in [-0.2, -0.15) is 0 Å². The normalized spacial score (nSPS) is 10.1. The Hall–Kier alpha value is -0.960. The zero-order valence-electron chi connectivity index (χ0n) is 8.41. The predicted octanol–water partition coefficient (Wildman–Crippen LogP) is 2.60. The highest BCUT2D eigenvalue weighted by Gasteiger charge is 2.09. The Labute approximate surface area is 88.3 Å². The molecule has 0 amide bonds. The predicted molar refractivity (Wildman–Crippen MR) is 58.9 cm³/mol. The van der Waals surface area contributed by atoms with Crippen LogP contribution in [0.5, 0.6) is 0 Å². The molecule has 0 fully saturated rings. The average Bonchev–Trinajstić information content (AvgIpc) is 2.17. The van der Waals surface area contributed by atoms with E-state index < -0.39 is 5.97 Å². The number of rotatable bonds is 4. The first-order chi connectivity index (χ1) is 6.69. The van der Waals surface area contributed by atoms with Crippen LogP contribution in [0.2, 0.25) is 0 Å². The number of carboxylic acid groups (broad SMARTS) is 1. The number of aliphatic carboxylic acids is 1. The van der Waals surface area contributed by atoms with Crippen molar-refractivity contribution in [1.82, 2.24) is 0 Å². The number of aryl methyl sites for hydroxylation is 1. The molecule has 14 heavy (non-hydrogen) atoms. The zero-order valence-corrected chi connectivity index (χ0v) is 9.23. The van der Waals surface area contributed by atoms with Crippen molar-refractivity contribution >= 4 is 17.7 Å². The van der Waals surface area contributed by atoms with Crippen LogP contribution in [0, 0.1) is 0 Å². The lowest BCUT2D eigenvalue weighted by molar-refractivity contribution is -0.136. The summed E-state index contributed by atoms with van der Waals surface area (Å²) in [5, 5.41) is 8.80. The minimum absolute atomic E-state index is 0.125. The summed E-state index contributed by atoms with van der Waals surface area (Å²) < 4.78 is 0. The maximum Gasteiger partial charge on any atom is 0.307 e. The van der Waals surface area contributed by atoms with Crippen molar-refractivity contribution in [1.29, 1.82) is 0 Å². The van der Waals surface area contributed by atoms with Gasteiger partial charge in [0, 0.05) is 4.90 Å². The van der Waals surface area contributed by atoms with Crippen molar-refractivity contribution in [3.05, 3.63) is 29.3 Å². The van der Waals surface area contributed by atoms with E-state index in [4.69, 9.17) is 5.11 Å². The highest BCUT2D eigenvalue weighted by molar-refractivity contribution is 7.98. The molecule has 0 aliphatic carbocycles. The summed E-state index contributed by atoms with van der Waals surface area (Å²) in [4.78, 5) is 11.8. The largest absolute Gasteiger partial charge is 0.481 e. The molecule has 0 aliphatic rings. The maximum absolute atomic E-state index is 10.7. The molecule has 0 heterocycles. The Morgan fingerprint density at radius 1 is 1.50 bits per heavy atom. The molecule has 0 aliphatic heterocycles. The van der Waals surface area contributed by atoms with E-state index in [0.29, 0.717) is 0 Å².